The number of benzene rings is 2. The van der Waals surface area contributed by atoms with E-state index in [9.17, 15) is 19.4 Å². The van der Waals surface area contributed by atoms with E-state index < -0.39 is 17.4 Å². The van der Waals surface area contributed by atoms with E-state index in [4.69, 9.17) is 5.73 Å². The number of nitrogens with zero attached hydrogens (tertiary/aromatic N) is 4. The zero-order valence-electron chi connectivity index (χ0n) is 19.1. The number of carboxylic acid groups (broad SMARTS) is 1. The third kappa shape index (κ3) is 4.87. The van der Waals surface area contributed by atoms with Gasteiger partial charge in [0.2, 0.25) is 5.82 Å². The van der Waals surface area contributed by atoms with Gasteiger partial charge in [-0.3, -0.25) is 4.57 Å². The summed E-state index contributed by atoms with van der Waals surface area (Å²) in [4.78, 5) is 25.0. The summed E-state index contributed by atoms with van der Waals surface area (Å²) in [7, 11) is 0. The van der Waals surface area contributed by atoms with E-state index in [1.807, 2.05) is 0 Å². The van der Waals surface area contributed by atoms with Crippen LogP contribution in [-0.2, 0) is 0 Å². The Kier molecular flexibility index (Phi) is 6.93. The second-order valence-corrected chi connectivity index (χ2v) is 8.58. The number of aromatic nitrogens is 4. The summed E-state index contributed by atoms with van der Waals surface area (Å²) >= 11 is 0. The van der Waals surface area contributed by atoms with Gasteiger partial charge in [-0.15, -0.1) is 12.4 Å². The first kappa shape index (κ1) is 25.1. The van der Waals surface area contributed by atoms with E-state index in [1.165, 1.54) is 24.3 Å². The van der Waals surface area contributed by atoms with Crippen LogP contribution in [0.2, 0.25) is 0 Å². The molecule has 0 amide bonds. The Labute approximate surface area is 212 Å². The van der Waals surface area contributed by atoms with Crippen LogP contribution in [-0.4, -0.2) is 41.3 Å². The highest BCUT2D eigenvalue weighted by molar-refractivity contribution is 5.90. The Morgan fingerprint density at radius 2 is 1.81 bits per heavy atom. The lowest BCUT2D eigenvalue weighted by Gasteiger charge is -2.26. The summed E-state index contributed by atoms with van der Waals surface area (Å²) in [6.07, 6.45) is 4.04. The molecule has 2 aromatic carbocycles. The van der Waals surface area contributed by atoms with Crippen molar-refractivity contribution in [2.45, 2.75) is 37.7 Å². The number of rotatable bonds is 3. The molecule has 0 saturated heterocycles. The molecule has 184 valence electrons. The molecule has 4 N–H and O–H groups in total. The van der Waals surface area contributed by atoms with Crippen LogP contribution in [0, 0.1) is 17.7 Å². The van der Waals surface area contributed by atoms with Crippen molar-refractivity contribution in [2.24, 2.45) is 0 Å². The van der Waals surface area contributed by atoms with Crippen molar-refractivity contribution in [1.82, 2.24) is 19.5 Å². The Bertz CT molecular complexity index is 1520. The van der Waals surface area contributed by atoms with Gasteiger partial charge in [0.15, 0.2) is 17.0 Å². The highest BCUT2D eigenvalue weighted by Gasteiger charge is 2.27. The van der Waals surface area contributed by atoms with Crippen LogP contribution in [0.15, 0.2) is 48.5 Å². The van der Waals surface area contributed by atoms with Crippen molar-refractivity contribution in [3.63, 3.8) is 0 Å². The number of aromatic carboxylic acids is 1. The number of imidazole rings is 1. The monoisotopic (exact) mass is 507 g/mol. The van der Waals surface area contributed by atoms with Gasteiger partial charge in [-0.2, -0.15) is 0 Å². The maximum Gasteiger partial charge on any atom is 0.335 e. The van der Waals surface area contributed by atoms with E-state index >= 15 is 0 Å². The zero-order chi connectivity index (χ0) is 24.6. The zero-order valence-corrected chi connectivity index (χ0v) is 19.9. The lowest BCUT2D eigenvalue weighted by Crippen LogP contribution is -2.29. The fourth-order valence-electron chi connectivity index (χ4n) is 4.31. The normalized spacial score (nSPS) is 14.5. The predicted octanol–water partition coefficient (Wildman–Crippen LogP) is 4.37. The third-order valence-corrected chi connectivity index (χ3v) is 6.06. The molecule has 1 saturated carbocycles. The van der Waals surface area contributed by atoms with Crippen LogP contribution in [0.1, 0.15) is 48.3 Å². The Morgan fingerprint density at radius 3 is 2.53 bits per heavy atom. The predicted molar refractivity (Wildman–Crippen MR) is 136 cm³/mol. The van der Waals surface area contributed by atoms with Gasteiger partial charge in [0.1, 0.15) is 17.2 Å². The van der Waals surface area contributed by atoms with Crippen molar-refractivity contribution >= 4 is 35.4 Å². The van der Waals surface area contributed by atoms with Crippen LogP contribution in [0.25, 0.3) is 28.2 Å². The summed E-state index contributed by atoms with van der Waals surface area (Å²) in [6.45, 7) is 0. The van der Waals surface area contributed by atoms with Crippen LogP contribution >= 0.6 is 12.4 Å². The standard InChI is InChI=1S/C26H22FN5O3.ClH/c27-18-8-4-6-16(14-18)23-31-21-22(28)29-20(10-13-26(35)11-2-1-3-12-26)30-24(21)32(23)19-9-5-7-17(15-19)25(33)34;/h4-9,14-15,35H,1-3,11-12H2,(H,33,34)(H2,28,29,30);1H. The number of anilines is 1. The number of hydrogen-bond donors (Lipinski definition) is 3. The number of aliphatic hydroxyl groups is 1. The fourth-order valence-corrected chi connectivity index (χ4v) is 4.31. The first-order chi connectivity index (χ1) is 16.8. The van der Waals surface area contributed by atoms with Gasteiger partial charge in [0, 0.05) is 5.56 Å². The molecule has 4 aromatic rings. The average Bonchev–Trinajstić information content (AvgIpc) is 3.24. The molecule has 36 heavy (non-hydrogen) atoms. The summed E-state index contributed by atoms with van der Waals surface area (Å²) in [5.74, 6) is 4.71. The lowest BCUT2D eigenvalue weighted by molar-refractivity contribution is 0.0609. The molecule has 1 aliphatic carbocycles. The van der Waals surface area contributed by atoms with E-state index in [-0.39, 0.29) is 35.1 Å². The molecule has 0 bridgehead atoms. The molecular weight excluding hydrogens is 485 g/mol. The van der Waals surface area contributed by atoms with E-state index in [2.05, 4.69) is 26.8 Å². The summed E-state index contributed by atoms with van der Waals surface area (Å²) in [5, 5.41) is 20.2. The first-order valence-electron chi connectivity index (χ1n) is 11.2. The number of carbonyl (C=O) groups is 1. The smallest absolute Gasteiger partial charge is 0.335 e. The van der Waals surface area contributed by atoms with Gasteiger partial charge in [-0.25, -0.2) is 24.1 Å². The van der Waals surface area contributed by atoms with Crippen molar-refractivity contribution in [2.75, 3.05) is 5.73 Å². The van der Waals surface area contributed by atoms with Gasteiger partial charge in [0.05, 0.1) is 11.3 Å². The molecule has 0 aliphatic heterocycles. The average molecular weight is 508 g/mol. The number of nitrogen functional groups attached to an aromatic ring is 1. The number of halogens is 2. The van der Waals surface area contributed by atoms with Crippen molar-refractivity contribution < 1.29 is 19.4 Å². The SMILES string of the molecule is Cl.Nc1nc(C#CC2(O)CCCCC2)nc2c1nc(-c1cccc(F)c1)n2-c1cccc(C(=O)O)c1. The number of nitrogens with two attached hydrogens (primary N) is 1. The highest BCUT2D eigenvalue weighted by Crippen LogP contribution is 2.31. The largest absolute Gasteiger partial charge is 0.478 e. The topological polar surface area (TPSA) is 127 Å². The molecule has 1 aliphatic rings. The van der Waals surface area contributed by atoms with Gasteiger partial charge in [-0.05, 0) is 61.9 Å². The summed E-state index contributed by atoms with van der Waals surface area (Å²) < 4.78 is 15.7. The van der Waals surface area contributed by atoms with Gasteiger partial charge >= 0.3 is 5.97 Å². The van der Waals surface area contributed by atoms with Crippen LogP contribution in [0.3, 0.4) is 0 Å². The Morgan fingerprint density at radius 1 is 1.06 bits per heavy atom. The Hall–Kier alpha value is -4.00. The number of hydrogen-bond acceptors (Lipinski definition) is 6. The fraction of sp³-hybridized carbons (Fsp3) is 0.231. The second kappa shape index (κ2) is 9.93. The van der Waals surface area contributed by atoms with E-state index in [1.54, 1.807) is 28.8 Å². The molecule has 8 nitrogen and oxygen atoms in total. The third-order valence-electron chi connectivity index (χ3n) is 6.06. The minimum Gasteiger partial charge on any atom is -0.478 e. The van der Waals surface area contributed by atoms with E-state index in [0.29, 0.717) is 35.6 Å². The maximum atomic E-state index is 14.1. The number of carboxylic acids is 1. The molecule has 0 unspecified atom stereocenters. The molecule has 1 fully saturated rings. The molecule has 0 spiro atoms. The molecular formula is C26H23ClFN5O3. The summed E-state index contributed by atoms with van der Waals surface area (Å²) in [5.41, 5.74) is 6.66. The van der Waals surface area contributed by atoms with Crippen molar-refractivity contribution in [3.05, 3.63) is 65.7 Å². The molecule has 5 rings (SSSR count). The molecule has 10 heteroatoms. The van der Waals surface area contributed by atoms with Crippen molar-refractivity contribution in [1.29, 1.82) is 0 Å². The minimum absolute atomic E-state index is 0. The van der Waals surface area contributed by atoms with Crippen LogP contribution in [0.5, 0.6) is 0 Å². The number of fused-ring (bicyclic) bond motifs is 1. The minimum atomic E-state index is -1.09. The molecule has 2 heterocycles. The maximum absolute atomic E-state index is 14.1. The molecule has 2 aromatic heterocycles. The van der Waals surface area contributed by atoms with Gasteiger partial charge < -0.3 is 15.9 Å². The second-order valence-electron chi connectivity index (χ2n) is 8.58. The van der Waals surface area contributed by atoms with Crippen LogP contribution < -0.4 is 5.73 Å². The quantitative estimate of drug-likeness (QED) is 0.351. The van der Waals surface area contributed by atoms with Gasteiger partial charge in [-0.1, -0.05) is 30.5 Å². The first-order valence-corrected chi connectivity index (χ1v) is 11.2. The van der Waals surface area contributed by atoms with E-state index in [0.717, 1.165) is 19.3 Å². The Balaban J connectivity index is 0.00000304. The van der Waals surface area contributed by atoms with Crippen LogP contribution in [0.4, 0.5) is 10.2 Å². The molecule has 0 radical (unpaired) electrons. The highest BCUT2D eigenvalue weighted by atomic mass is 35.5. The lowest BCUT2D eigenvalue weighted by atomic mass is 9.85. The van der Waals surface area contributed by atoms with Crippen molar-refractivity contribution in [3.8, 4) is 28.9 Å². The molecule has 0 atom stereocenters. The summed E-state index contributed by atoms with van der Waals surface area (Å²) in [6, 6.07) is 12.1. The van der Waals surface area contributed by atoms with Gasteiger partial charge in [0.25, 0.3) is 0 Å².